The number of aromatic nitrogens is 1. The number of likely N-dealkylation sites (tertiary alicyclic amines) is 1. The van der Waals surface area contributed by atoms with Crippen LogP contribution in [0.3, 0.4) is 0 Å². The second-order valence-corrected chi connectivity index (χ2v) is 5.34. The largest absolute Gasteiger partial charge is 0.381 e. The van der Waals surface area contributed by atoms with Crippen molar-refractivity contribution < 1.29 is 9.53 Å². The summed E-state index contributed by atoms with van der Waals surface area (Å²) in [6, 6.07) is 3.76. The number of hydrogen-bond donors (Lipinski definition) is 1. The lowest BCUT2D eigenvalue weighted by Gasteiger charge is -2.31. The first-order valence-corrected chi connectivity index (χ1v) is 7.74. The molecule has 1 saturated heterocycles. The lowest BCUT2D eigenvalue weighted by molar-refractivity contribution is 0.0350. The number of nitrogens with zero attached hydrogens (tertiary/aromatic N) is 2. The highest BCUT2D eigenvalue weighted by molar-refractivity contribution is 5.95. The molecule has 2 heterocycles. The van der Waals surface area contributed by atoms with E-state index in [0.29, 0.717) is 0 Å². The second-order valence-electron chi connectivity index (χ2n) is 5.34. The molecule has 21 heavy (non-hydrogen) atoms. The number of amides is 1. The zero-order chi connectivity index (χ0) is 15.2. The Morgan fingerprint density at radius 3 is 2.67 bits per heavy atom. The van der Waals surface area contributed by atoms with Crippen LogP contribution in [0.1, 0.15) is 42.7 Å². The number of carbonyl (C=O) groups excluding carboxylic acids is 1. The fourth-order valence-electron chi connectivity index (χ4n) is 2.64. The number of rotatable bonds is 5. The summed E-state index contributed by atoms with van der Waals surface area (Å²) in [6.45, 7) is 6.40. The van der Waals surface area contributed by atoms with E-state index in [-0.39, 0.29) is 12.0 Å². The molecule has 5 nitrogen and oxygen atoms in total. The molecule has 0 atom stereocenters. The predicted octanol–water partition coefficient (Wildman–Crippen LogP) is 2.33. The third-order valence-electron chi connectivity index (χ3n) is 3.91. The maximum atomic E-state index is 12.6. The zero-order valence-corrected chi connectivity index (χ0v) is 13.2. The highest BCUT2D eigenvalue weighted by Gasteiger charge is 2.24. The van der Waals surface area contributed by atoms with Gasteiger partial charge in [0.05, 0.1) is 6.10 Å². The fourth-order valence-corrected chi connectivity index (χ4v) is 2.64. The highest BCUT2D eigenvalue weighted by Crippen LogP contribution is 2.18. The quantitative estimate of drug-likeness (QED) is 0.904. The summed E-state index contributed by atoms with van der Waals surface area (Å²) >= 11 is 0. The van der Waals surface area contributed by atoms with Gasteiger partial charge in [0, 0.05) is 38.0 Å². The van der Waals surface area contributed by atoms with Crippen LogP contribution < -0.4 is 5.32 Å². The van der Waals surface area contributed by atoms with Gasteiger partial charge in [-0.3, -0.25) is 4.79 Å². The van der Waals surface area contributed by atoms with Crippen molar-refractivity contribution in [3.63, 3.8) is 0 Å². The minimum absolute atomic E-state index is 0.0980. The molecule has 0 saturated carbocycles. The molecule has 0 bridgehead atoms. The van der Waals surface area contributed by atoms with Gasteiger partial charge in [-0.25, -0.2) is 4.98 Å². The van der Waals surface area contributed by atoms with Gasteiger partial charge in [-0.05, 0) is 38.3 Å². The Balaban J connectivity index is 2.13. The number of piperidine rings is 1. The number of nitrogens with one attached hydrogen (secondary N) is 1. The molecule has 0 radical (unpaired) electrons. The Labute approximate surface area is 126 Å². The van der Waals surface area contributed by atoms with Crippen molar-refractivity contribution in [3.05, 3.63) is 23.4 Å². The molecule has 2 rings (SSSR count). The second kappa shape index (κ2) is 7.41. The summed E-state index contributed by atoms with van der Waals surface area (Å²) in [5, 5.41) is 3.19. The van der Waals surface area contributed by atoms with E-state index >= 15 is 0 Å². The van der Waals surface area contributed by atoms with Crippen molar-refractivity contribution in [2.75, 3.05) is 32.1 Å². The van der Waals surface area contributed by atoms with Crippen molar-refractivity contribution in [2.45, 2.75) is 39.2 Å². The standard InChI is InChI=1S/C16H25N3O2/c1-4-13-10-12(11-15(18-13)17-5-2)16(20)19-8-6-14(21-3)7-9-19/h10-11,14H,4-9H2,1-3H3,(H,17,18). The summed E-state index contributed by atoms with van der Waals surface area (Å²) < 4.78 is 5.35. The first-order valence-electron chi connectivity index (χ1n) is 7.74. The summed E-state index contributed by atoms with van der Waals surface area (Å²) in [5.41, 5.74) is 1.68. The molecular weight excluding hydrogens is 266 g/mol. The molecule has 0 aliphatic carbocycles. The molecule has 1 N–H and O–H groups in total. The summed E-state index contributed by atoms with van der Waals surface area (Å²) in [4.78, 5) is 19.1. The molecule has 1 aliphatic heterocycles. The average Bonchev–Trinajstić information content (AvgIpc) is 2.54. The third-order valence-corrected chi connectivity index (χ3v) is 3.91. The van der Waals surface area contributed by atoms with Crippen LogP contribution >= 0.6 is 0 Å². The van der Waals surface area contributed by atoms with Crippen LogP contribution in [-0.2, 0) is 11.2 Å². The van der Waals surface area contributed by atoms with Gasteiger partial charge in [-0.2, -0.15) is 0 Å². The van der Waals surface area contributed by atoms with Gasteiger partial charge in [0.2, 0.25) is 0 Å². The number of methoxy groups -OCH3 is 1. The molecule has 1 aliphatic rings. The summed E-state index contributed by atoms with van der Waals surface area (Å²) in [7, 11) is 1.74. The molecule has 0 spiro atoms. The van der Waals surface area contributed by atoms with Crippen LogP contribution in [0.25, 0.3) is 0 Å². The van der Waals surface area contributed by atoms with E-state index in [9.17, 15) is 4.79 Å². The molecule has 1 aromatic rings. The van der Waals surface area contributed by atoms with Crippen molar-refractivity contribution in [2.24, 2.45) is 0 Å². The number of aryl methyl sites for hydroxylation is 1. The lowest BCUT2D eigenvalue weighted by Crippen LogP contribution is -2.40. The van der Waals surface area contributed by atoms with Crippen molar-refractivity contribution >= 4 is 11.7 Å². The topological polar surface area (TPSA) is 54.5 Å². The van der Waals surface area contributed by atoms with Crippen LogP contribution in [0.4, 0.5) is 5.82 Å². The first-order chi connectivity index (χ1) is 10.2. The van der Waals surface area contributed by atoms with Crippen molar-refractivity contribution in [1.29, 1.82) is 0 Å². The molecule has 0 aromatic carbocycles. The van der Waals surface area contributed by atoms with Gasteiger partial charge in [0.15, 0.2) is 0 Å². The molecule has 5 heteroatoms. The van der Waals surface area contributed by atoms with Gasteiger partial charge in [0.25, 0.3) is 5.91 Å². The fraction of sp³-hybridized carbons (Fsp3) is 0.625. The van der Waals surface area contributed by atoms with Crippen LogP contribution in [0.2, 0.25) is 0 Å². The van der Waals surface area contributed by atoms with Gasteiger partial charge in [0.1, 0.15) is 5.82 Å². The average molecular weight is 291 g/mol. The van der Waals surface area contributed by atoms with E-state index in [1.165, 1.54) is 0 Å². The molecule has 1 fully saturated rings. The van der Waals surface area contributed by atoms with Gasteiger partial charge < -0.3 is 15.0 Å². The maximum absolute atomic E-state index is 12.6. The highest BCUT2D eigenvalue weighted by atomic mass is 16.5. The number of pyridine rings is 1. The molecule has 0 unspecified atom stereocenters. The minimum atomic E-state index is 0.0980. The Morgan fingerprint density at radius 2 is 2.10 bits per heavy atom. The number of ether oxygens (including phenoxy) is 1. The summed E-state index contributed by atoms with van der Waals surface area (Å²) in [6.07, 6.45) is 2.93. The summed E-state index contributed by atoms with van der Waals surface area (Å²) in [5.74, 6) is 0.882. The molecule has 1 amide bonds. The zero-order valence-electron chi connectivity index (χ0n) is 13.2. The third kappa shape index (κ3) is 3.94. The van der Waals surface area contributed by atoms with Crippen molar-refractivity contribution in [3.8, 4) is 0 Å². The van der Waals surface area contributed by atoms with Gasteiger partial charge in [-0.1, -0.05) is 6.92 Å². The number of anilines is 1. The Morgan fingerprint density at radius 1 is 1.38 bits per heavy atom. The normalized spacial score (nSPS) is 16.0. The smallest absolute Gasteiger partial charge is 0.254 e. The molecule has 1 aromatic heterocycles. The van der Waals surface area contributed by atoms with E-state index in [4.69, 9.17) is 4.74 Å². The number of hydrogen-bond acceptors (Lipinski definition) is 4. The van der Waals surface area contributed by atoms with Crippen LogP contribution in [0, 0.1) is 0 Å². The van der Waals surface area contributed by atoms with Crippen LogP contribution in [0.5, 0.6) is 0 Å². The lowest BCUT2D eigenvalue weighted by atomic mass is 10.1. The Hall–Kier alpha value is -1.62. The predicted molar refractivity (Wildman–Crippen MR) is 83.7 cm³/mol. The molecule has 116 valence electrons. The van der Waals surface area contributed by atoms with E-state index in [1.807, 2.05) is 24.0 Å². The number of carbonyl (C=O) groups is 1. The van der Waals surface area contributed by atoms with Crippen LogP contribution in [-0.4, -0.2) is 48.6 Å². The van der Waals surface area contributed by atoms with E-state index in [2.05, 4.69) is 17.2 Å². The minimum Gasteiger partial charge on any atom is -0.381 e. The Bertz CT molecular complexity index is 482. The van der Waals surface area contributed by atoms with E-state index in [1.54, 1.807) is 7.11 Å². The Kier molecular flexibility index (Phi) is 5.56. The van der Waals surface area contributed by atoms with Crippen LogP contribution in [0.15, 0.2) is 12.1 Å². The first kappa shape index (κ1) is 15.8. The van der Waals surface area contributed by atoms with Crippen molar-refractivity contribution in [1.82, 2.24) is 9.88 Å². The SMILES string of the molecule is CCNc1cc(C(=O)N2CCC(OC)CC2)cc(CC)n1. The monoisotopic (exact) mass is 291 g/mol. The van der Waals surface area contributed by atoms with Gasteiger partial charge in [-0.15, -0.1) is 0 Å². The van der Waals surface area contributed by atoms with E-state index in [0.717, 1.165) is 56.0 Å². The van der Waals surface area contributed by atoms with E-state index < -0.39 is 0 Å². The maximum Gasteiger partial charge on any atom is 0.254 e. The van der Waals surface area contributed by atoms with Gasteiger partial charge >= 0.3 is 0 Å². The molecular formula is C16H25N3O2.